The highest BCUT2D eigenvalue weighted by Crippen LogP contribution is 2.35. The SMILES string of the molecule is Cc1cc(C)c(Cn2c(C(F)(F)F)nc3c(C(N)=O)cc(-c4ccc(N5CCN(C)CC5)nc4)cc32)c(=O)[nH]1. The number of nitrogens with zero attached hydrogens (tertiary/aromatic N) is 5. The summed E-state index contributed by atoms with van der Waals surface area (Å²) in [6, 6.07) is 8.30. The van der Waals surface area contributed by atoms with E-state index in [0.29, 0.717) is 22.4 Å². The van der Waals surface area contributed by atoms with Crippen molar-refractivity contribution in [1.29, 1.82) is 0 Å². The zero-order chi connectivity index (χ0) is 28.1. The maximum Gasteiger partial charge on any atom is 0.449 e. The predicted molar refractivity (Wildman–Crippen MR) is 142 cm³/mol. The Morgan fingerprint density at radius 1 is 1.08 bits per heavy atom. The van der Waals surface area contributed by atoms with Crippen LogP contribution in [0.15, 0.2) is 41.3 Å². The number of carbonyl (C=O) groups is 1. The number of aryl methyl sites for hydroxylation is 2. The molecule has 204 valence electrons. The van der Waals surface area contributed by atoms with Gasteiger partial charge in [-0.3, -0.25) is 9.59 Å². The number of fused-ring (bicyclic) bond motifs is 1. The number of aromatic nitrogens is 4. The quantitative estimate of drug-likeness (QED) is 0.402. The number of piperazine rings is 1. The Labute approximate surface area is 222 Å². The molecule has 1 amide bonds. The summed E-state index contributed by atoms with van der Waals surface area (Å²) in [5.74, 6) is -1.34. The first-order valence-corrected chi connectivity index (χ1v) is 12.4. The number of hydrogen-bond acceptors (Lipinski definition) is 6. The van der Waals surface area contributed by atoms with Gasteiger partial charge in [-0.2, -0.15) is 13.2 Å². The molecule has 3 N–H and O–H groups in total. The molecule has 5 rings (SSSR count). The maximum atomic E-state index is 14.2. The molecule has 0 atom stereocenters. The normalized spacial score (nSPS) is 14.8. The lowest BCUT2D eigenvalue weighted by molar-refractivity contribution is -0.146. The van der Waals surface area contributed by atoms with Crippen LogP contribution in [-0.4, -0.2) is 63.6 Å². The van der Waals surface area contributed by atoms with Crippen LogP contribution < -0.4 is 16.2 Å². The monoisotopic (exact) mass is 539 g/mol. The fraction of sp³-hybridized carbons (Fsp3) is 0.333. The highest BCUT2D eigenvalue weighted by Gasteiger charge is 2.38. The number of benzene rings is 1. The molecular formula is C27H28F3N7O2. The smallest absolute Gasteiger partial charge is 0.366 e. The van der Waals surface area contributed by atoms with E-state index in [2.05, 4.69) is 31.8 Å². The number of likely N-dealkylation sites (N-methyl/N-ethyl adjacent to an activating group) is 1. The minimum atomic E-state index is -4.84. The van der Waals surface area contributed by atoms with E-state index in [9.17, 15) is 22.8 Å². The second kappa shape index (κ2) is 9.84. The lowest BCUT2D eigenvalue weighted by Crippen LogP contribution is -2.44. The van der Waals surface area contributed by atoms with Gasteiger partial charge in [0.2, 0.25) is 5.82 Å². The molecule has 0 unspecified atom stereocenters. The Kier molecular flexibility index (Phi) is 6.67. The van der Waals surface area contributed by atoms with Crippen LogP contribution in [0.25, 0.3) is 22.2 Å². The van der Waals surface area contributed by atoms with E-state index in [1.165, 1.54) is 12.1 Å². The third kappa shape index (κ3) is 5.11. The van der Waals surface area contributed by atoms with Gasteiger partial charge in [0.1, 0.15) is 11.3 Å². The molecule has 1 aliphatic rings. The molecule has 0 aliphatic carbocycles. The van der Waals surface area contributed by atoms with Gasteiger partial charge in [-0.25, -0.2) is 9.97 Å². The van der Waals surface area contributed by atoms with Crippen molar-refractivity contribution in [3.8, 4) is 11.1 Å². The van der Waals surface area contributed by atoms with Crippen LogP contribution in [0, 0.1) is 13.8 Å². The summed E-state index contributed by atoms with van der Waals surface area (Å²) in [5, 5.41) is 0. The molecule has 3 aromatic heterocycles. The fourth-order valence-electron chi connectivity index (χ4n) is 4.97. The van der Waals surface area contributed by atoms with Crippen molar-refractivity contribution < 1.29 is 18.0 Å². The first kappa shape index (κ1) is 26.4. The maximum absolute atomic E-state index is 14.2. The number of hydrogen-bond donors (Lipinski definition) is 2. The zero-order valence-electron chi connectivity index (χ0n) is 21.8. The van der Waals surface area contributed by atoms with E-state index in [1.807, 2.05) is 12.1 Å². The van der Waals surface area contributed by atoms with E-state index < -0.39 is 30.0 Å². The largest absolute Gasteiger partial charge is 0.449 e. The highest BCUT2D eigenvalue weighted by molar-refractivity contribution is 6.06. The molecule has 0 saturated carbocycles. The van der Waals surface area contributed by atoms with Crippen molar-refractivity contribution in [2.75, 3.05) is 38.1 Å². The van der Waals surface area contributed by atoms with E-state index in [-0.39, 0.29) is 22.2 Å². The average molecular weight is 540 g/mol. The molecule has 1 aromatic carbocycles. The van der Waals surface area contributed by atoms with Gasteiger partial charge in [0.15, 0.2) is 0 Å². The van der Waals surface area contributed by atoms with Gasteiger partial charge >= 0.3 is 6.18 Å². The van der Waals surface area contributed by atoms with Crippen LogP contribution in [0.1, 0.15) is 33.0 Å². The molecule has 4 heterocycles. The number of amides is 1. The molecule has 0 bridgehead atoms. The summed E-state index contributed by atoms with van der Waals surface area (Å²) >= 11 is 0. The zero-order valence-corrected chi connectivity index (χ0v) is 21.8. The van der Waals surface area contributed by atoms with Crippen LogP contribution in [0.5, 0.6) is 0 Å². The van der Waals surface area contributed by atoms with Crippen LogP contribution in [0.4, 0.5) is 19.0 Å². The van der Waals surface area contributed by atoms with E-state index >= 15 is 0 Å². The van der Waals surface area contributed by atoms with Crippen LogP contribution in [0.2, 0.25) is 0 Å². The number of rotatable bonds is 5. The van der Waals surface area contributed by atoms with E-state index in [4.69, 9.17) is 5.73 Å². The molecule has 1 aliphatic heterocycles. The summed E-state index contributed by atoms with van der Waals surface area (Å²) < 4.78 is 43.4. The van der Waals surface area contributed by atoms with Gasteiger partial charge in [-0.05, 0) is 62.4 Å². The summed E-state index contributed by atoms with van der Waals surface area (Å²) in [7, 11) is 2.06. The van der Waals surface area contributed by atoms with Crippen molar-refractivity contribution in [1.82, 2.24) is 24.4 Å². The highest BCUT2D eigenvalue weighted by atomic mass is 19.4. The van der Waals surface area contributed by atoms with Crippen molar-refractivity contribution in [3.05, 3.63) is 75.1 Å². The summed E-state index contributed by atoms with van der Waals surface area (Å²) in [6.07, 6.45) is -3.22. The predicted octanol–water partition coefficient (Wildman–Crippen LogP) is 3.32. The van der Waals surface area contributed by atoms with Crippen molar-refractivity contribution in [2.24, 2.45) is 5.73 Å². The van der Waals surface area contributed by atoms with E-state index in [1.54, 1.807) is 26.1 Å². The number of primary amides is 1. The van der Waals surface area contributed by atoms with Crippen LogP contribution >= 0.6 is 0 Å². The fourth-order valence-corrected chi connectivity index (χ4v) is 4.97. The lowest BCUT2D eigenvalue weighted by Gasteiger charge is -2.33. The minimum absolute atomic E-state index is 0.0381. The van der Waals surface area contributed by atoms with Crippen LogP contribution in [-0.2, 0) is 12.7 Å². The molecule has 0 spiro atoms. The second-order valence-corrected chi connectivity index (χ2v) is 9.91. The molecule has 9 nitrogen and oxygen atoms in total. The summed E-state index contributed by atoms with van der Waals surface area (Å²) in [5.41, 5.74) is 7.17. The first-order valence-electron chi connectivity index (χ1n) is 12.4. The van der Waals surface area contributed by atoms with Crippen molar-refractivity contribution in [3.63, 3.8) is 0 Å². The molecule has 39 heavy (non-hydrogen) atoms. The molecule has 12 heteroatoms. The third-order valence-corrected chi connectivity index (χ3v) is 7.09. The molecular weight excluding hydrogens is 511 g/mol. The van der Waals surface area contributed by atoms with Crippen molar-refractivity contribution in [2.45, 2.75) is 26.6 Å². The second-order valence-electron chi connectivity index (χ2n) is 9.91. The topological polar surface area (TPSA) is 113 Å². The van der Waals surface area contributed by atoms with Crippen molar-refractivity contribution >= 4 is 22.8 Å². The number of imidazole rings is 1. The van der Waals surface area contributed by atoms with E-state index in [0.717, 1.165) is 36.6 Å². The summed E-state index contributed by atoms with van der Waals surface area (Å²) in [6.45, 7) is 6.45. The number of H-pyrrole nitrogens is 1. The number of pyridine rings is 2. The van der Waals surface area contributed by atoms with Crippen LogP contribution in [0.3, 0.4) is 0 Å². The number of nitrogens with two attached hydrogens (primary N) is 1. The number of anilines is 1. The Morgan fingerprint density at radius 2 is 1.79 bits per heavy atom. The molecule has 0 radical (unpaired) electrons. The Hall–Kier alpha value is -4.19. The van der Waals surface area contributed by atoms with Gasteiger partial charge in [0, 0.05) is 49.2 Å². The number of carbonyl (C=O) groups excluding carboxylic acids is 1. The molecule has 4 aromatic rings. The Balaban J connectivity index is 1.65. The first-order chi connectivity index (χ1) is 18.4. The minimum Gasteiger partial charge on any atom is -0.366 e. The van der Waals surface area contributed by atoms with Gasteiger partial charge in [-0.15, -0.1) is 0 Å². The third-order valence-electron chi connectivity index (χ3n) is 7.09. The lowest BCUT2D eigenvalue weighted by atomic mass is 10.0. The standard InChI is InChI=1S/C27H28F3N7O2/c1-15-10-16(2)33-25(39)20(15)14-37-21-12-18(11-19(24(31)38)23(21)34-26(37)27(28,29)30)17-4-5-22(32-13-17)36-8-6-35(3)7-9-36/h4-5,10-13H,6-9,14H2,1-3H3,(H2,31,38)(H,33,39). The number of halogens is 3. The average Bonchev–Trinajstić information content (AvgIpc) is 3.25. The number of nitrogens with one attached hydrogen (secondary N) is 1. The van der Waals surface area contributed by atoms with Gasteiger partial charge in [-0.1, -0.05) is 0 Å². The summed E-state index contributed by atoms with van der Waals surface area (Å²) in [4.78, 5) is 40.4. The van der Waals surface area contributed by atoms with Gasteiger partial charge < -0.3 is 25.1 Å². The van der Waals surface area contributed by atoms with Gasteiger partial charge in [0.05, 0.1) is 17.6 Å². The molecule has 1 saturated heterocycles. The van der Waals surface area contributed by atoms with Gasteiger partial charge in [0.25, 0.3) is 11.5 Å². The number of aromatic amines is 1. The number of alkyl halides is 3. The Bertz CT molecular complexity index is 1620. The Morgan fingerprint density at radius 3 is 2.38 bits per heavy atom. The molecule has 1 fully saturated rings.